The fraction of sp³-hybridized carbons (Fsp3) is 0.0455. The zero-order chi connectivity index (χ0) is 20.5. The molecule has 0 unspecified atom stereocenters. The van der Waals surface area contributed by atoms with Crippen molar-refractivity contribution in [2.45, 2.75) is 6.42 Å². The molecule has 0 aliphatic rings. The minimum Gasteiger partial charge on any atom is -0.534 e. The Labute approximate surface area is 192 Å². The van der Waals surface area contributed by atoms with Crippen LogP contribution in [0.1, 0.15) is 42.2 Å². The normalized spacial score (nSPS) is 9.38. The van der Waals surface area contributed by atoms with E-state index in [-0.39, 0.29) is 56.4 Å². The predicted molar refractivity (Wildman–Crippen MR) is 101 cm³/mol. The minimum atomic E-state index is -0.0819. The van der Waals surface area contributed by atoms with Crippen molar-refractivity contribution in [3.63, 3.8) is 0 Å². The standard InChI is InChI=1S/C15H11O4.C7H5O2.Y/c16-8-10-1-3-14(18)12(5-10)7-13-6-11(9-17)2-4-15(13)19;8-5-6-1-3-7(9)4-2-6;/h1-3,5-6,8-9,18-19H,7H2;1-3,5,9H;/q2*-1;. The van der Waals surface area contributed by atoms with E-state index in [9.17, 15) is 24.6 Å². The summed E-state index contributed by atoms with van der Waals surface area (Å²) in [7, 11) is 0. The number of carbonyl (C=O) groups excluding carboxylic acids is 3. The van der Waals surface area contributed by atoms with E-state index in [1.807, 2.05) is 0 Å². The van der Waals surface area contributed by atoms with Crippen LogP contribution < -0.4 is 0 Å². The number of rotatable bonds is 5. The molecule has 0 atom stereocenters. The van der Waals surface area contributed by atoms with Gasteiger partial charge in [-0.05, 0) is 30.2 Å². The van der Waals surface area contributed by atoms with Crippen molar-refractivity contribution in [1.29, 1.82) is 0 Å². The first-order valence-corrected chi connectivity index (χ1v) is 8.08. The van der Waals surface area contributed by atoms with Gasteiger partial charge >= 0.3 is 0 Å². The average molecular weight is 465 g/mol. The van der Waals surface area contributed by atoms with Crippen LogP contribution in [0.25, 0.3) is 0 Å². The number of carbonyl (C=O) groups is 3. The number of benzene rings is 3. The van der Waals surface area contributed by atoms with Crippen LogP contribution >= 0.6 is 0 Å². The van der Waals surface area contributed by atoms with Gasteiger partial charge in [0.15, 0.2) is 0 Å². The molecule has 1 radical (unpaired) electrons. The van der Waals surface area contributed by atoms with Gasteiger partial charge in [-0.1, -0.05) is 11.1 Å². The SMILES string of the molecule is O=Cc1c[c-]c(O)c(Cc2cc(C=O)ccc2O)c1.O=Cc1c[c-]c(O)cc1.[Y]. The van der Waals surface area contributed by atoms with Gasteiger partial charge in [0.25, 0.3) is 0 Å². The molecule has 6 nitrogen and oxygen atoms in total. The molecule has 29 heavy (non-hydrogen) atoms. The van der Waals surface area contributed by atoms with Gasteiger partial charge in [-0.25, -0.2) is 0 Å². The Morgan fingerprint density at radius 2 is 1.31 bits per heavy atom. The topological polar surface area (TPSA) is 112 Å². The maximum Gasteiger partial charge on any atom is 0.150 e. The summed E-state index contributed by atoms with van der Waals surface area (Å²) >= 11 is 0. The summed E-state index contributed by atoms with van der Waals surface area (Å²) in [4.78, 5) is 31.4. The van der Waals surface area contributed by atoms with Crippen molar-refractivity contribution in [3.8, 4) is 17.2 Å². The molecule has 3 aromatic carbocycles. The Morgan fingerprint density at radius 3 is 1.90 bits per heavy atom. The predicted octanol–water partition coefficient (Wildman–Crippen LogP) is 3.12. The van der Waals surface area contributed by atoms with E-state index in [1.54, 1.807) is 0 Å². The fourth-order valence-electron chi connectivity index (χ4n) is 2.29. The Kier molecular flexibility index (Phi) is 9.93. The smallest absolute Gasteiger partial charge is 0.150 e. The number of hydrogen-bond acceptors (Lipinski definition) is 6. The largest absolute Gasteiger partial charge is 0.534 e. The first-order chi connectivity index (χ1) is 13.5. The van der Waals surface area contributed by atoms with Crippen molar-refractivity contribution in [2.75, 3.05) is 0 Å². The first kappa shape index (κ1) is 24.2. The molecule has 7 heteroatoms. The molecule has 0 bridgehead atoms. The van der Waals surface area contributed by atoms with Crippen LogP contribution in [0.4, 0.5) is 0 Å². The summed E-state index contributed by atoms with van der Waals surface area (Å²) in [6.45, 7) is 0. The second kappa shape index (κ2) is 11.9. The third-order valence-corrected chi connectivity index (χ3v) is 3.73. The first-order valence-electron chi connectivity index (χ1n) is 8.08. The van der Waals surface area contributed by atoms with Gasteiger partial charge in [0, 0.05) is 49.8 Å². The van der Waals surface area contributed by atoms with Crippen LogP contribution in [0.2, 0.25) is 0 Å². The van der Waals surface area contributed by atoms with Gasteiger partial charge in [0.2, 0.25) is 0 Å². The fourth-order valence-corrected chi connectivity index (χ4v) is 2.29. The Morgan fingerprint density at radius 1 is 0.724 bits per heavy atom. The number of aldehydes is 3. The maximum atomic E-state index is 10.7. The molecule has 3 N–H and O–H groups in total. The van der Waals surface area contributed by atoms with E-state index in [4.69, 9.17) is 5.11 Å². The monoisotopic (exact) mass is 465 g/mol. The summed E-state index contributed by atoms with van der Waals surface area (Å²) in [6.07, 6.45) is 2.24. The van der Waals surface area contributed by atoms with Crippen molar-refractivity contribution >= 4 is 18.9 Å². The molecule has 0 amide bonds. The van der Waals surface area contributed by atoms with Crippen molar-refractivity contribution in [1.82, 2.24) is 0 Å². The van der Waals surface area contributed by atoms with Crippen LogP contribution in [0, 0.1) is 12.1 Å². The summed E-state index contributed by atoms with van der Waals surface area (Å²) in [5.41, 5.74) is 2.30. The summed E-state index contributed by atoms with van der Waals surface area (Å²) < 4.78 is 0. The molecule has 145 valence electrons. The molecule has 0 heterocycles. The van der Waals surface area contributed by atoms with Crippen molar-refractivity contribution in [3.05, 3.63) is 88.5 Å². The molecule has 0 aromatic heterocycles. The molecular weight excluding hydrogens is 449 g/mol. The average Bonchev–Trinajstić information content (AvgIpc) is 2.72. The van der Waals surface area contributed by atoms with E-state index in [2.05, 4.69) is 12.1 Å². The van der Waals surface area contributed by atoms with Gasteiger partial charge in [0.05, 0.1) is 12.6 Å². The number of phenols is 3. The van der Waals surface area contributed by atoms with E-state index in [1.165, 1.54) is 48.5 Å². The molecule has 0 spiro atoms. The van der Waals surface area contributed by atoms with Gasteiger partial charge in [-0.2, -0.15) is 24.3 Å². The maximum absolute atomic E-state index is 10.7. The van der Waals surface area contributed by atoms with Crippen LogP contribution in [-0.4, -0.2) is 34.2 Å². The van der Waals surface area contributed by atoms with Crippen LogP contribution in [0.5, 0.6) is 17.2 Å². The van der Waals surface area contributed by atoms with Gasteiger partial charge in [-0.15, -0.1) is 23.8 Å². The van der Waals surface area contributed by atoms with E-state index >= 15 is 0 Å². The van der Waals surface area contributed by atoms with Gasteiger partial charge in [-0.3, -0.25) is 4.79 Å². The van der Waals surface area contributed by atoms with Crippen molar-refractivity contribution < 1.29 is 62.4 Å². The molecule has 0 saturated heterocycles. The van der Waals surface area contributed by atoms with Crippen LogP contribution in [0.3, 0.4) is 0 Å². The molecule has 0 aliphatic heterocycles. The number of phenolic OH excluding ortho intramolecular Hbond substituents is 3. The van der Waals surface area contributed by atoms with Crippen molar-refractivity contribution in [2.24, 2.45) is 0 Å². The zero-order valence-electron chi connectivity index (χ0n) is 15.2. The summed E-state index contributed by atoms with van der Waals surface area (Å²) in [6, 6.07) is 16.8. The third kappa shape index (κ3) is 7.25. The quantitative estimate of drug-likeness (QED) is 0.395. The van der Waals surface area contributed by atoms with Gasteiger partial charge < -0.3 is 24.9 Å². The van der Waals surface area contributed by atoms with E-state index in [0.717, 1.165) is 0 Å². The van der Waals surface area contributed by atoms with E-state index in [0.29, 0.717) is 46.7 Å². The third-order valence-electron chi connectivity index (χ3n) is 3.73. The zero-order valence-corrected chi connectivity index (χ0v) is 18.0. The second-order valence-electron chi connectivity index (χ2n) is 5.73. The Bertz CT molecular complexity index is 928. The molecule has 0 fully saturated rings. The molecule has 0 saturated carbocycles. The molecule has 3 rings (SSSR count). The summed E-state index contributed by atoms with van der Waals surface area (Å²) in [5.74, 6) is 0.00334. The Balaban J connectivity index is 0.000000355. The van der Waals surface area contributed by atoms with Crippen LogP contribution in [0.15, 0.2) is 48.5 Å². The summed E-state index contributed by atoms with van der Waals surface area (Å²) in [5, 5.41) is 28.1. The van der Waals surface area contributed by atoms with Crippen LogP contribution in [-0.2, 0) is 39.1 Å². The van der Waals surface area contributed by atoms with E-state index < -0.39 is 0 Å². The van der Waals surface area contributed by atoms with Gasteiger partial charge in [0.1, 0.15) is 12.0 Å². The number of hydrogen-bond donors (Lipinski definition) is 3. The second-order valence-corrected chi connectivity index (χ2v) is 5.73. The minimum absolute atomic E-state index is 0. The molecule has 3 aromatic rings. The molecular formula is C22H16O6Y-2. The number of aromatic hydroxyl groups is 3. The molecule has 0 aliphatic carbocycles. The Hall–Kier alpha value is -2.83.